The lowest BCUT2D eigenvalue weighted by Gasteiger charge is -2.15. The van der Waals surface area contributed by atoms with Gasteiger partial charge in [-0.3, -0.25) is 0 Å². The fraction of sp³-hybridized carbons (Fsp3) is 0.900. The molecule has 88 valence electrons. The van der Waals surface area contributed by atoms with Gasteiger partial charge in [0.1, 0.15) is 12.3 Å². The molecule has 4 nitrogen and oxygen atoms in total. The van der Waals surface area contributed by atoms with E-state index in [2.05, 4.69) is 12.2 Å². The zero-order valence-electron chi connectivity index (χ0n) is 9.08. The van der Waals surface area contributed by atoms with Crippen molar-refractivity contribution in [2.45, 2.75) is 38.5 Å². The zero-order valence-corrected chi connectivity index (χ0v) is 9.08. The lowest BCUT2D eigenvalue weighted by Crippen LogP contribution is -2.39. The maximum Gasteiger partial charge on any atom is 0.317 e. The Morgan fingerprint density at radius 1 is 1.53 bits per heavy atom. The molecule has 2 atom stereocenters. The third-order valence-electron chi connectivity index (χ3n) is 2.56. The molecule has 0 aromatic rings. The molecule has 0 spiro atoms. The van der Waals surface area contributed by atoms with Crippen molar-refractivity contribution in [1.29, 1.82) is 0 Å². The van der Waals surface area contributed by atoms with E-state index in [0.29, 0.717) is 6.54 Å². The summed E-state index contributed by atoms with van der Waals surface area (Å²) in [4.78, 5) is 12.8. The van der Waals surface area contributed by atoms with Crippen molar-refractivity contribution >= 4 is 6.03 Å². The van der Waals surface area contributed by atoms with E-state index in [1.807, 2.05) is 0 Å². The number of β-amino-alcohol motifs (C(OH)–C–C–N with tert-alkyl or cyclic N) is 1. The highest BCUT2D eigenvalue weighted by Crippen LogP contribution is 2.12. The van der Waals surface area contributed by atoms with Crippen molar-refractivity contribution in [3.63, 3.8) is 0 Å². The fourth-order valence-electron chi connectivity index (χ4n) is 1.59. The summed E-state index contributed by atoms with van der Waals surface area (Å²) in [6.07, 6.45) is 0.801. The predicted molar refractivity (Wildman–Crippen MR) is 55.4 cm³/mol. The van der Waals surface area contributed by atoms with E-state index in [1.54, 1.807) is 0 Å². The summed E-state index contributed by atoms with van der Waals surface area (Å²) < 4.78 is 12.9. The minimum absolute atomic E-state index is 0.000772. The van der Waals surface area contributed by atoms with Crippen LogP contribution in [-0.4, -0.2) is 47.9 Å². The first-order chi connectivity index (χ1) is 7.15. The summed E-state index contributed by atoms with van der Waals surface area (Å²) in [5, 5.41) is 11.8. The van der Waals surface area contributed by atoms with Crippen LogP contribution in [0.3, 0.4) is 0 Å². The molecule has 0 saturated carbocycles. The largest absolute Gasteiger partial charge is 0.388 e. The number of halogens is 1. The summed E-state index contributed by atoms with van der Waals surface area (Å²) in [7, 11) is 0. The summed E-state index contributed by atoms with van der Waals surface area (Å²) >= 11 is 0. The predicted octanol–water partition coefficient (Wildman–Crippen LogP) is 0.901. The lowest BCUT2D eigenvalue weighted by atomic mass is 10.2. The van der Waals surface area contributed by atoms with E-state index in [4.69, 9.17) is 5.11 Å². The SMILES string of the molecule is CCCCCNC(=O)N1C[C@@H](O)[C@H](F)C1. The summed E-state index contributed by atoms with van der Waals surface area (Å²) in [6.45, 7) is 2.81. The zero-order chi connectivity index (χ0) is 11.3. The Bertz CT molecular complexity index is 204. The summed E-state index contributed by atoms with van der Waals surface area (Å²) in [5.74, 6) is 0. The summed E-state index contributed by atoms with van der Waals surface area (Å²) in [6, 6.07) is -0.273. The molecular weight excluding hydrogens is 199 g/mol. The van der Waals surface area contributed by atoms with Gasteiger partial charge >= 0.3 is 6.03 Å². The number of aliphatic hydroxyl groups is 1. The Balaban J connectivity index is 2.18. The molecule has 1 aliphatic heterocycles. The van der Waals surface area contributed by atoms with Crippen molar-refractivity contribution < 1.29 is 14.3 Å². The Kier molecular flexibility index (Phi) is 4.81. The highest BCUT2D eigenvalue weighted by Gasteiger charge is 2.33. The van der Waals surface area contributed by atoms with Crippen LogP contribution in [0.25, 0.3) is 0 Å². The van der Waals surface area contributed by atoms with Crippen molar-refractivity contribution in [2.24, 2.45) is 0 Å². The molecule has 1 heterocycles. The van der Waals surface area contributed by atoms with Crippen LogP contribution in [0.4, 0.5) is 9.18 Å². The van der Waals surface area contributed by atoms with E-state index >= 15 is 0 Å². The molecule has 1 fully saturated rings. The van der Waals surface area contributed by atoms with Gasteiger partial charge < -0.3 is 15.3 Å². The standard InChI is InChI=1S/C10H19FN2O2/c1-2-3-4-5-12-10(15)13-6-8(11)9(14)7-13/h8-9,14H,2-7H2,1H3,(H,12,15)/t8-,9-/m1/s1. The fourth-order valence-corrected chi connectivity index (χ4v) is 1.59. The van der Waals surface area contributed by atoms with Crippen molar-refractivity contribution in [2.75, 3.05) is 19.6 Å². The molecule has 15 heavy (non-hydrogen) atoms. The molecule has 0 radical (unpaired) electrons. The van der Waals surface area contributed by atoms with Crippen LogP contribution in [0.1, 0.15) is 26.2 Å². The minimum atomic E-state index is -1.30. The van der Waals surface area contributed by atoms with Crippen LogP contribution >= 0.6 is 0 Å². The molecule has 5 heteroatoms. The van der Waals surface area contributed by atoms with E-state index in [-0.39, 0.29) is 19.1 Å². The van der Waals surface area contributed by atoms with Crippen LogP contribution in [0.5, 0.6) is 0 Å². The van der Waals surface area contributed by atoms with Gasteiger partial charge in [-0.05, 0) is 6.42 Å². The molecule has 0 bridgehead atoms. The van der Waals surface area contributed by atoms with Gasteiger partial charge in [-0.2, -0.15) is 0 Å². The Labute approximate surface area is 89.4 Å². The number of amides is 2. The average molecular weight is 218 g/mol. The minimum Gasteiger partial charge on any atom is -0.388 e. The second kappa shape index (κ2) is 5.90. The van der Waals surface area contributed by atoms with Gasteiger partial charge in [0.05, 0.1) is 13.1 Å². The molecule has 1 saturated heterocycles. The van der Waals surface area contributed by atoms with Crippen LogP contribution in [0, 0.1) is 0 Å². The molecule has 2 N–H and O–H groups in total. The number of urea groups is 1. The number of unbranched alkanes of at least 4 members (excludes halogenated alkanes) is 2. The number of rotatable bonds is 4. The average Bonchev–Trinajstić information content (AvgIpc) is 2.54. The maximum absolute atomic E-state index is 12.9. The molecule has 0 aromatic carbocycles. The highest BCUT2D eigenvalue weighted by atomic mass is 19.1. The van der Waals surface area contributed by atoms with E-state index < -0.39 is 12.3 Å². The first-order valence-corrected chi connectivity index (χ1v) is 5.50. The third kappa shape index (κ3) is 3.66. The molecule has 1 rings (SSSR count). The number of hydrogen-bond acceptors (Lipinski definition) is 2. The number of nitrogens with one attached hydrogen (secondary N) is 1. The van der Waals surface area contributed by atoms with Crippen LogP contribution in [-0.2, 0) is 0 Å². The quantitative estimate of drug-likeness (QED) is 0.689. The number of nitrogens with zero attached hydrogens (tertiary/aromatic N) is 1. The Morgan fingerprint density at radius 3 is 2.80 bits per heavy atom. The van der Waals surface area contributed by atoms with Gasteiger partial charge in [-0.1, -0.05) is 19.8 Å². The van der Waals surface area contributed by atoms with E-state index in [1.165, 1.54) is 4.90 Å². The van der Waals surface area contributed by atoms with Gasteiger partial charge in [0, 0.05) is 6.54 Å². The van der Waals surface area contributed by atoms with Crippen LogP contribution in [0.15, 0.2) is 0 Å². The van der Waals surface area contributed by atoms with Gasteiger partial charge in [0.15, 0.2) is 0 Å². The van der Waals surface area contributed by atoms with E-state index in [9.17, 15) is 9.18 Å². The van der Waals surface area contributed by atoms with Gasteiger partial charge in [-0.25, -0.2) is 9.18 Å². The highest BCUT2D eigenvalue weighted by molar-refractivity contribution is 5.74. The van der Waals surface area contributed by atoms with Gasteiger partial charge in [0.25, 0.3) is 0 Å². The summed E-state index contributed by atoms with van der Waals surface area (Å²) in [5.41, 5.74) is 0. The molecule has 0 unspecified atom stereocenters. The number of carbonyl (C=O) groups is 1. The molecular formula is C10H19FN2O2. The normalized spacial score (nSPS) is 25.7. The number of likely N-dealkylation sites (tertiary alicyclic amines) is 1. The van der Waals surface area contributed by atoms with Crippen molar-refractivity contribution in [1.82, 2.24) is 10.2 Å². The van der Waals surface area contributed by atoms with Crippen molar-refractivity contribution in [3.8, 4) is 0 Å². The monoisotopic (exact) mass is 218 g/mol. The lowest BCUT2D eigenvalue weighted by molar-refractivity contribution is 0.116. The van der Waals surface area contributed by atoms with Gasteiger partial charge in [-0.15, -0.1) is 0 Å². The smallest absolute Gasteiger partial charge is 0.317 e. The number of carbonyl (C=O) groups excluding carboxylic acids is 1. The molecule has 0 aromatic heterocycles. The second-order valence-corrected chi connectivity index (χ2v) is 3.93. The maximum atomic E-state index is 12.9. The Morgan fingerprint density at radius 2 is 2.27 bits per heavy atom. The topological polar surface area (TPSA) is 52.6 Å². The number of aliphatic hydroxyl groups excluding tert-OH is 1. The van der Waals surface area contributed by atoms with E-state index in [0.717, 1.165) is 19.3 Å². The van der Waals surface area contributed by atoms with Gasteiger partial charge in [0.2, 0.25) is 0 Å². The first kappa shape index (κ1) is 12.2. The second-order valence-electron chi connectivity index (χ2n) is 3.93. The molecule has 1 aliphatic rings. The number of hydrogen-bond donors (Lipinski definition) is 2. The molecule has 0 aliphatic carbocycles. The molecule has 2 amide bonds. The third-order valence-corrected chi connectivity index (χ3v) is 2.56. The van der Waals surface area contributed by atoms with Crippen molar-refractivity contribution in [3.05, 3.63) is 0 Å². The number of alkyl halides is 1. The first-order valence-electron chi connectivity index (χ1n) is 5.50. The van der Waals surface area contributed by atoms with Crippen LogP contribution < -0.4 is 5.32 Å². The van der Waals surface area contributed by atoms with Crippen LogP contribution in [0.2, 0.25) is 0 Å². The Hall–Kier alpha value is -0.840.